The number of anilines is 2. The molecule has 0 unspecified atom stereocenters. The molecule has 0 saturated heterocycles. The van der Waals surface area contributed by atoms with E-state index in [1.165, 1.54) is 93.5 Å². The monoisotopic (exact) mass is 1120 g/mol. The van der Waals surface area contributed by atoms with Crippen LogP contribution in [0.2, 0.25) is 0 Å². The van der Waals surface area contributed by atoms with Crippen molar-refractivity contribution in [3.8, 4) is 0 Å². The topological polar surface area (TPSA) is 36.3 Å². The molecule has 1 N–H and O–H groups in total. The SMILES string of the molecule is CCCCN1/C(=C/C=C/C=C/C=C/C2=[N+](CCCC)c3ccccc3C2(C)C)C(C)(C)c2ccccc21.CCN1/C(=C/C=C/C=C/C=C/C2=[N+](CC)c3ccccc3C2(C)C)C(C)(C)c2ccccc21.CC[NH-].FP(F)(F)(F)F.[F-]. The minimum Gasteiger partial charge on any atom is -1.00 e. The van der Waals surface area contributed by atoms with E-state index in [2.05, 4.69) is 284 Å². The van der Waals surface area contributed by atoms with Crippen LogP contribution in [0.4, 0.5) is 43.7 Å². The van der Waals surface area contributed by atoms with Gasteiger partial charge in [0, 0.05) is 88.5 Å². The Labute approximate surface area is 476 Å². The molecule has 4 aliphatic rings. The molecule has 0 amide bonds. The van der Waals surface area contributed by atoms with Gasteiger partial charge >= 0.3 is 29.1 Å². The number of fused-ring (bicyclic) bond motifs is 4. The smallest absolute Gasteiger partial charge is 1.00 e. The first-order chi connectivity index (χ1) is 37.3. The van der Waals surface area contributed by atoms with Gasteiger partial charge in [0.1, 0.15) is 13.1 Å². The Hall–Kier alpha value is -6.29. The maximum atomic E-state index is 9.84. The average molecular weight is 1120 g/mol. The third kappa shape index (κ3) is 16.0. The number of unbranched alkanes of at least 4 members (excludes halogenated alkanes) is 2. The maximum Gasteiger partial charge on any atom is -1.00 e. The summed E-state index contributed by atoms with van der Waals surface area (Å²) in [7, 11) is -8.55. The Morgan fingerprint density at radius 1 is 0.463 bits per heavy atom. The maximum absolute atomic E-state index is 9.84. The van der Waals surface area contributed by atoms with Crippen LogP contribution in [0.25, 0.3) is 5.73 Å². The Morgan fingerprint density at radius 3 is 1.24 bits per heavy atom. The summed E-state index contributed by atoms with van der Waals surface area (Å²) >= 11 is 0. The molecule has 4 aliphatic heterocycles. The van der Waals surface area contributed by atoms with Gasteiger partial charge in [0.15, 0.2) is 11.4 Å². The molecule has 4 aromatic rings. The largest absolute Gasteiger partial charge is 1.00 e. The van der Waals surface area contributed by atoms with Crippen molar-refractivity contribution in [2.75, 3.05) is 42.5 Å². The number of rotatable bonds is 16. The molecule has 0 atom stereocenters. The van der Waals surface area contributed by atoms with E-state index in [9.17, 15) is 21.0 Å². The second kappa shape index (κ2) is 28.4. The first-order valence-corrected chi connectivity index (χ1v) is 29.9. The number of para-hydroxylation sites is 4. The van der Waals surface area contributed by atoms with E-state index in [0.717, 1.165) is 26.2 Å². The van der Waals surface area contributed by atoms with Gasteiger partial charge in [-0.1, -0.05) is 195 Å². The van der Waals surface area contributed by atoms with Crippen LogP contribution in [0.3, 0.4) is 0 Å². The molecule has 5 nitrogen and oxygen atoms in total. The summed E-state index contributed by atoms with van der Waals surface area (Å²) in [4.78, 5) is 4.95. The molecule has 4 aromatic carbocycles. The van der Waals surface area contributed by atoms with Crippen molar-refractivity contribution in [3.05, 3.63) is 222 Å². The fourth-order valence-electron chi connectivity index (χ4n) is 11.3. The number of nitrogens with zero attached hydrogens (tertiary/aromatic N) is 4. The van der Waals surface area contributed by atoms with Gasteiger partial charge in [0.2, 0.25) is 11.4 Å². The van der Waals surface area contributed by atoms with Gasteiger partial charge in [0.25, 0.3) is 0 Å². The van der Waals surface area contributed by atoms with Gasteiger partial charge in [-0.05, 0) is 83.4 Å². The van der Waals surface area contributed by atoms with Gasteiger partial charge in [0.05, 0.1) is 10.8 Å². The van der Waals surface area contributed by atoms with Crippen LogP contribution in [0.5, 0.6) is 0 Å². The number of allylic oxidation sites excluding steroid dienone is 16. The van der Waals surface area contributed by atoms with Crippen LogP contribution >= 0.6 is 8.16 Å². The molecule has 0 saturated carbocycles. The molecule has 0 aromatic heterocycles. The summed E-state index contributed by atoms with van der Waals surface area (Å²) in [6.45, 7) is 34.0. The van der Waals surface area contributed by atoms with E-state index in [-0.39, 0.29) is 26.4 Å². The minimum atomic E-state index is -8.55. The summed E-state index contributed by atoms with van der Waals surface area (Å²) in [6.07, 6.45) is 35.5. The zero-order valence-electron chi connectivity index (χ0n) is 49.7. The third-order valence-electron chi connectivity index (χ3n) is 15.2. The second-order valence-corrected chi connectivity index (χ2v) is 23.5. The summed E-state index contributed by atoms with van der Waals surface area (Å²) < 4.78 is 54.1. The van der Waals surface area contributed by atoms with Gasteiger partial charge < -0.3 is 20.2 Å². The zero-order chi connectivity index (χ0) is 58.3. The quantitative estimate of drug-likeness (QED) is 0.0485. The van der Waals surface area contributed by atoms with Crippen molar-refractivity contribution < 1.29 is 34.8 Å². The summed E-state index contributed by atoms with van der Waals surface area (Å²) in [5, 5.41) is 0. The van der Waals surface area contributed by atoms with E-state index >= 15 is 0 Å². The van der Waals surface area contributed by atoms with Crippen molar-refractivity contribution in [2.45, 2.75) is 137 Å². The van der Waals surface area contributed by atoms with Gasteiger partial charge in [-0.15, -0.1) is 0 Å². The van der Waals surface area contributed by atoms with Crippen molar-refractivity contribution >= 4 is 42.3 Å². The molecular weight excluding hydrogens is 1030 g/mol. The predicted molar refractivity (Wildman–Crippen MR) is 332 cm³/mol. The molecule has 0 spiro atoms. The molecule has 432 valence electrons. The first-order valence-electron chi connectivity index (χ1n) is 28.3. The summed E-state index contributed by atoms with van der Waals surface area (Å²) in [6, 6.07) is 35.3. The fraction of sp³-hybridized carbons (Fsp3) is 0.382. The van der Waals surface area contributed by atoms with Crippen molar-refractivity contribution in [3.63, 3.8) is 0 Å². The van der Waals surface area contributed by atoms with E-state index in [1.807, 2.05) is 0 Å². The van der Waals surface area contributed by atoms with E-state index < -0.39 is 8.16 Å². The van der Waals surface area contributed by atoms with Crippen LogP contribution in [-0.4, -0.2) is 53.3 Å². The van der Waals surface area contributed by atoms with Crippen molar-refractivity contribution in [1.29, 1.82) is 0 Å². The Balaban J connectivity index is 0.000000297. The van der Waals surface area contributed by atoms with Gasteiger partial charge in [-0.25, -0.2) is 0 Å². The number of halogens is 6. The first kappa shape index (κ1) is 66.2. The molecule has 12 heteroatoms. The number of hydrogen-bond acceptors (Lipinski definition) is 2. The number of nitrogens with one attached hydrogen (secondary N) is 1. The fourth-order valence-corrected chi connectivity index (χ4v) is 11.3. The van der Waals surface area contributed by atoms with Gasteiger partial charge in [-0.3, -0.25) is 0 Å². The molecule has 0 radical (unpaired) electrons. The molecule has 80 heavy (non-hydrogen) atoms. The Bertz CT molecular complexity index is 3030. The van der Waals surface area contributed by atoms with Gasteiger partial charge in [-0.2, -0.15) is 15.7 Å². The zero-order valence-corrected chi connectivity index (χ0v) is 50.6. The normalized spacial score (nSPS) is 18.8. The van der Waals surface area contributed by atoms with E-state index in [1.54, 1.807) is 6.92 Å². The Morgan fingerprint density at radius 2 is 0.812 bits per heavy atom. The summed E-state index contributed by atoms with van der Waals surface area (Å²) in [5.41, 5.74) is 22.8. The summed E-state index contributed by atoms with van der Waals surface area (Å²) in [5.74, 6) is 0. The van der Waals surface area contributed by atoms with Crippen LogP contribution < -0.4 is 14.5 Å². The van der Waals surface area contributed by atoms with Crippen molar-refractivity contribution in [1.82, 2.24) is 0 Å². The molecule has 0 bridgehead atoms. The van der Waals surface area contributed by atoms with Crippen LogP contribution in [0.1, 0.15) is 138 Å². The average Bonchev–Trinajstić information content (AvgIpc) is 3.94. The number of hydrogen-bond donors (Lipinski definition) is 0. The molecule has 4 heterocycles. The molecule has 0 aliphatic carbocycles. The van der Waals surface area contributed by atoms with E-state index in [4.69, 9.17) is 5.73 Å². The van der Waals surface area contributed by atoms with Crippen LogP contribution in [0.15, 0.2) is 194 Å². The van der Waals surface area contributed by atoms with E-state index in [0.29, 0.717) is 6.54 Å². The van der Waals surface area contributed by atoms with Crippen LogP contribution in [-0.2, 0) is 21.7 Å². The third-order valence-corrected chi connectivity index (χ3v) is 15.2. The molecule has 0 fully saturated rings. The van der Waals surface area contributed by atoms with Crippen LogP contribution in [0, 0.1) is 0 Å². The predicted octanol–water partition coefficient (Wildman–Crippen LogP) is 17.5. The molecular formula is C68H88F6N5P. The minimum absolute atomic E-state index is 0. The molecule has 8 rings (SSSR count). The number of benzene rings is 4. The van der Waals surface area contributed by atoms with Crippen molar-refractivity contribution in [2.24, 2.45) is 0 Å². The second-order valence-electron chi connectivity index (χ2n) is 22.2. The Kier molecular flexibility index (Phi) is 23.5. The standard InChI is InChI=1S/C35H45N2.C31H37N2.C2H6N.F5P.FH/c1-7-9-26-36-30-22-18-16-20-28(30)34(3,4)32(36)24-14-12-11-13-15-25-33-35(5,6)29-21-17-19-23-31(29)37(33)27-10-8-2;1-7-32-26-20-16-14-18-24(26)30(3,4)28(32)22-12-10-9-11-13-23-29-31(5,6)25-19-15-17-21-27(25)33(29)8-2;1-2-3;1-6(2,3,4)5;/h11-25H,7-10,26-27H2,1-6H3;9-23H,7-8H2,1-6H3;3H,2H2,1H3;;1H/q2*+1;-1;;/p-1. The number of likely N-dealkylation sites (N-methyl/N-ethyl adjacent to an activating group) is 1.